The van der Waals surface area contributed by atoms with Crippen LogP contribution >= 0.6 is 35.0 Å². The van der Waals surface area contributed by atoms with Gasteiger partial charge in [0.1, 0.15) is 11.0 Å². The Morgan fingerprint density at radius 1 is 1.35 bits per heavy atom. The first-order valence-corrected chi connectivity index (χ1v) is 6.61. The van der Waals surface area contributed by atoms with Gasteiger partial charge in [0.2, 0.25) is 0 Å². The molecule has 2 rings (SSSR count). The Balaban J connectivity index is 2.10. The number of aryl methyl sites for hydroxylation is 1. The lowest BCUT2D eigenvalue weighted by Gasteiger charge is -2.03. The van der Waals surface area contributed by atoms with Gasteiger partial charge in [0.15, 0.2) is 5.16 Å². The van der Waals surface area contributed by atoms with Gasteiger partial charge in [-0.2, -0.15) is 0 Å². The molecule has 90 valence electrons. The summed E-state index contributed by atoms with van der Waals surface area (Å²) < 4.78 is 1.93. The Bertz CT molecular complexity index is 541. The molecule has 0 aliphatic carbocycles. The van der Waals surface area contributed by atoms with Crippen LogP contribution in [-0.2, 0) is 12.8 Å². The third kappa shape index (κ3) is 2.91. The molecule has 0 atom stereocenters. The van der Waals surface area contributed by atoms with Crippen molar-refractivity contribution in [2.24, 2.45) is 7.05 Å². The first-order chi connectivity index (χ1) is 8.08. The molecule has 0 spiro atoms. The second kappa shape index (κ2) is 5.25. The summed E-state index contributed by atoms with van der Waals surface area (Å²) in [5.41, 5.74) is 0.932. The van der Waals surface area contributed by atoms with E-state index in [-0.39, 0.29) is 0 Å². The molecule has 0 N–H and O–H groups in total. The SMILES string of the molecule is Cc1nnc(SCc2cnc(Cl)cc2Cl)n1C. The molecule has 0 bridgehead atoms. The second-order valence-corrected chi connectivity index (χ2v) is 5.21. The molecule has 0 saturated heterocycles. The van der Waals surface area contributed by atoms with Crippen molar-refractivity contribution >= 4 is 35.0 Å². The van der Waals surface area contributed by atoms with Crippen molar-refractivity contribution < 1.29 is 0 Å². The number of aromatic nitrogens is 4. The number of hydrogen-bond acceptors (Lipinski definition) is 4. The summed E-state index contributed by atoms with van der Waals surface area (Å²) in [5, 5.41) is 9.93. The quantitative estimate of drug-likeness (QED) is 0.643. The van der Waals surface area contributed by atoms with Crippen LogP contribution < -0.4 is 0 Å². The predicted molar refractivity (Wildman–Crippen MR) is 69.6 cm³/mol. The maximum atomic E-state index is 6.06. The number of halogens is 2. The molecule has 0 fully saturated rings. The topological polar surface area (TPSA) is 43.6 Å². The zero-order valence-corrected chi connectivity index (χ0v) is 11.6. The summed E-state index contributed by atoms with van der Waals surface area (Å²) in [6.45, 7) is 1.91. The molecule has 7 heteroatoms. The molecule has 0 unspecified atom stereocenters. The maximum Gasteiger partial charge on any atom is 0.191 e. The van der Waals surface area contributed by atoms with E-state index in [1.54, 1.807) is 24.0 Å². The largest absolute Gasteiger partial charge is 0.309 e. The van der Waals surface area contributed by atoms with Gasteiger partial charge >= 0.3 is 0 Å². The molecular formula is C10H10Cl2N4S. The minimum atomic E-state index is 0.401. The summed E-state index contributed by atoms with van der Waals surface area (Å²) in [6.07, 6.45) is 1.68. The van der Waals surface area contributed by atoms with Crippen LogP contribution in [0.25, 0.3) is 0 Å². The summed E-state index contributed by atoms with van der Waals surface area (Å²) in [7, 11) is 1.93. The first-order valence-electron chi connectivity index (χ1n) is 4.86. The fourth-order valence-corrected chi connectivity index (χ4v) is 2.65. The molecule has 0 saturated carbocycles. The van der Waals surface area contributed by atoms with Crippen molar-refractivity contribution in [3.63, 3.8) is 0 Å². The average molecular weight is 289 g/mol. The molecule has 17 heavy (non-hydrogen) atoms. The van der Waals surface area contributed by atoms with Crippen LogP contribution in [0.5, 0.6) is 0 Å². The van der Waals surface area contributed by atoms with E-state index < -0.39 is 0 Å². The highest BCUT2D eigenvalue weighted by atomic mass is 35.5. The summed E-state index contributed by atoms with van der Waals surface area (Å²) >= 11 is 13.4. The van der Waals surface area contributed by atoms with Crippen LogP contribution in [0, 0.1) is 6.92 Å². The molecule has 0 amide bonds. The van der Waals surface area contributed by atoms with E-state index in [9.17, 15) is 0 Å². The molecular weight excluding hydrogens is 279 g/mol. The van der Waals surface area contributed by atoms with Gasteiger partial charge in [0.25, 0.3) is 0 Å². The molecule has 0 aliphatic rings. The van der Waals surface area contributed by atoms with Crippen LogP contribution in [-0.4, -0.2) is 19.7 Å². The lowest BCUT2D eigenvalue weighted by Crippen LogP contribution is -1.94. The van der Waals surface area contributed by atoms with E-state index in [1.165, 1.54) is 0 Å². The van der Waals surface area contributed by atoms with Crippen LogP contribution in [0.2, 0.25) is 10.2 Å². The van der Waals surface area contributed by atoms with Crippen molar-refractivity contribution in [2.75, 3.05) is 0 Å². The van der Waals surface area contributed by atoms with E-state index in [2.05, 4.69) is 15.2 Å². The van der Waals surface area contributed by atoms with Gasteiger partial charge in [-0.1, -0.05) is 35.0 Å². The highest BCUT2D eigenvalue weighted by Gasteiger charge is 2.08. The van der Waals surface area contributed by atoms with Gasteiger partial charge in [-0.15, -0.1) is 10.2 Å². The van der Waals surface area contributed by atoms with Gasteiger partial charge in [-0.25, -0.2) is 4.98 Å². The Labute approximate surface area is 113 Å². The fourth-order valence-electron chi connectivity index (χ4n) is 1.20. The number of thioether (sulfide) groups is 1. The standard InChI is InChI=1S/C10H10Cl2N4S/c1-6-14-15-10(16(6)2)17-5-7-4-13-9(12)3-8(7)11/h3-4H,5H2,1-2H3. The molecule has 2 aromatic heterocycles. The van der Waals surface area contributed by atoms with Crippen LogP contribution in [0.4, 0.5) is 0 Å². The highest BCUT2D eigenvalue weighted by molar-refractivity contribution is 7.98. The third-order valence-electron chi connectivity index (χ3n) is 2.31. The molecule has 0 aromatic carbocycles. The van der Waals surface area contributed by atoms with Crippen molar-refractivity contribution in [3.8, 4) is 0 Å². The van der Waals surface area contributed by atoms with E-state index >= 15 is 0 Å². The van der Waals surface area contributed by atoms with Gasteiger partial charge < -0.3 is 4.57 Å². The van der Waals surface area contributed by atoms with Crippen molar-refractivity contribution in [3.05, 3.63) is 33.8 Å². The highest BCUT2D eigenvalue weighted by Crippen LogP contribution is 2.26. The van der Waals surface area contributed by atoms with Gasteiger partial charge in [-0.05, 0) is 18.6 Å². The summed E-state index contributed by atoms with van der Waals surface area (Å²) in [5.74, 6) is 1.57. The Kier molecular flexibility index (Phi) is 3.91. The zero-order chi connectivity index (χ0) is 12.4. The van der Waals surface area contributed by atoms with Crippen molar-refractivity contribution in [1.82, 2.24) is 19.7 Å². The maximum absolute atomic E-state index is 6.06. The summed E-state index contributed by atoms with van der Waals surface area (Å²) in [6, 6.07) is 1.64. The minimum absolute atomic E-state index is 0.401. The van der Waals surface area contributed by atoms with Crippen LogP contribution in [0.1, 0.15) is 11.4 Å². The van der Waals surface area contributed by atoms with Crippen LogP contribution in [0.15, 0.2) is 17.4 Å². The Morgan fingerprint density at radius 3 is 2.71 bits per heavy atom. The van der Waals surface area contributed by atoms with E-state index in [0.717, 1.165) is 16.5 Å². The number of hydrogen-bond donors (Lipinski definition) is 0. The summed E-state index contributed by atoms with van der Waals surface area (Å²) in [4.78, 5) is 4.00. The van der Waals surface area contributed by atoms with Crippen molar-refractivity contribution in [2.45, 2.75) is 17.8 Å². The minimum Gasteiger partial charge on any atom is -0.309 e. The van der Waals surface area contributed by atoms with E-state index in [1.807, 2.05) is 18.5 Å². The van der Waals surface area contributed by atoms with Gasteiger partial charge in [0, 0.05) is 24.0 Å². The second-order valence-electron chi connectivity index (χ2n) is 3.48. The lowest BCUT2D eigenvalue weighted by atomic mass is 10.3. The third-order valence-corrected chi connectivity index (χ3v) is 3.93. The number of pyridine rings is 1. The fraction of sp³-hybridized carbons (Fsp3) is 0.300. The normalized spacial score (nSPS) is 10.8. The molecule has 2 heterocycles. The number of nitrogens with zero attached hydrogens (tertiary/aromatic N) is 4. The molecule has 0 radical (unpaired) electrons. The molecule has 4 nitrogen and oxygen atoms in total. The first kappa shape index (κ1) is 12.7. The zero-order valence-electron chi connectivity index (χ0n) is 9.31. The van der Waals surface area contributed by atoms with E-state index in [4.69, 9.17) is 23.2 Å². The molecule has 2 aromatic rings. The van der Waals surface area contributed by atoms with Gasteiger partial charge in [0.05, 0.1) is 0 Å². The number of rotatable bonds is 3. The van der Waals surface area contributed by atoms with E-state index in [0.29, 0.717) is 15.9 Å². The van der Waals surface area contributed by atoms with Gasteiger partial charge in [-0.3, -0.25) is 0 Å². The average Bonchev–Trinajstić information content (AvgIpc) is 2.59. The Morgan fingerprint density at radius 2 is 2.12 bits per heavy atom. The smallest absolute Gasteiger partial charge is 0.191 e. The monoisotopic (exact) mass is 288 g/mol. The Hall–Kier alpha value is -0.780. The van der Waals surface area contributed by atoms with Crippen molar-refractivity contribution in [1.29, 1.82) is 0 Å². The predicted octanol–water partition coefficient (Wildman–Crippen LogP) is 3.12. The lowest BCUT2D eigenvalue weighted by molar-refractivity contribution is 0.765. The molecule has 0 aliphatic heterocycles. The van der Waals surface area contributed by atoms with Crippen LogP contribution in [0.3, 0.4) is 0 Å².